The fourth-order valence-corrected chi connectivity index (χ4v) is 3.29. The van der Waals surface area contributed by atoms with Crippen molar-refractivity contribution >= 4 is 5.78 Å². The predicted octanol–water partition coefficient (Wildman–Crippen LogP) is 6.99. The van der Waals surface area contributed by atoms with Gasteiger partial charge in [-0.1, -0.05) is 60.2 Å². The first-order chi connectivity index (χ1) is 14.1. The maximum absolute atomic E-state index is 12.8. The van der Waals surface area contributed by atoms with Gasteiger partial charge in [-0.3, -0.25) is 4.79 Å². The summed E-state index contributed by atoms with van der Waals surface area (Å²) in [6.07, 6.45) is 0. The summed E-state index contributed by atoms with van der Waals surface area (Å²) in [5, 5.41) is 0. The molecule has 0 N–H and O–H groups in total. The standard InChI is InChI=1S/C27H22O2/c1-19-8-9-20(2)26(18-19)27(28)23-12-16-25(17-13-23)29-24-14-10-22(11-15-24)21-6-4-3-5-7-21/h3-18H,1-2H3. The smallest absolute Gasteiger partial charge is 0.193 e. The number of aryl methyl sites for hydroxylation is 2. The van der Waals surface area contributed by atoms with Crippen molar-refractivity contribution in [2.45, 2.75) is 13.8 Å². The Balaban J connectivity index is 1.48. The van der Waals surface area contributed by atoms with Crippen LogP contribution >= 0.6 is 0 Å². The highest BCUT2D eigenvalue weighted by Crippen LogP contribution is 2.26. The predicted molar refractivity (Wildman–Crippen MR) is 118 cm³/mol. The largest absolute Gasteiger partial charge is 0.457 e. The van der Waals surface area contributed by atoms with E-state index in [4.69, 9.17) is 4.74 Å². The quantitative estimate of drug-likeness (QED) is 0.350. The van der Waals surface area contributed by atoms with Crippen molar-refractivity contribution in [2.75, 3.05) is 0 Å². The maximum Gasteiger partial charge on any atom is 0.193 e. The minimum absolute atomic E-state index is 0.0324. The second-order valence-electron chi connectivity index (χ2n) is 7.16. The Morgan fingerprint density at radius 3 is 1.90 bits per heavy atom. The lowest BCUT2D eigenvalue weighted by Crippen LogP contribution is -2.04. The van der Waals surface area contributed by atoms with Gasteiger partial charge in [0.25, 0.3) is 0 Å². The Labute approximate surface area is 171 Å². The van der Waals surface area contributed by atoms with E-state index in [-0.39, 0.29) is 5.78 Å². The van der Waals surface area contributed by atoms with E-state index in [2.05, 4.69) is 12.1 Å². The van der Waals surface area contributed by atoms with E-state index < -0.39 is 0 Å². The second-order valence-corrected chi connectivity index (χ2v) is 7.16. The SMILES string of the molecule is Cc1ccc(C)c(C(=O)c2ccc(Oc3ccc(-c4ccccc4)cc3)cc2)c1. The molecule has 0 atom stereocenters. The van der Waals surface area contributed by atoms with Crippen LogP contribution in [0, 0.1) is 13.8 Å². The molecule has 2 nitrogen and oxygen atoms in total. The average molecular weight is 378 g/mol. The van der Waals surface area contributed by atoms with Gasteiger partial charge in [0.2, 0.25) is 0 Å². The van der Waals surface area contributed by atoms with Crippen LogP contribution in [0.3, 0.4) is 0 Å². The molecule has 0 spiro atoms. The van der Waals surface area contributed by atoms with Crippen molar-refractivity contribution in [3.63, 3.8) is 0 Å². The van der Waals surface area contributed by atoms with Crippen LogP contribution in [0.5, 0.6) is 11.5 Å². The summed E-state index contributed by atoms with van der Waals surface area (Å²) < 4.78 is 5.94. The molecule has 0 aliphatic heterocycles. The maximum atomic E-state index is 12.8. The number of carbonyl (C=O) groups excluding carboxylic acids is 1. The highest BCUT2D eigenvalue weighted by molar-refractivity contribution is 6.10. The summed E-state index contributed by atoms with van der Waals surface area (Å²) in [4.78, 5) is 12.8. The monoisotopic (exact) mass is 378 g/mol. The molecule has 2 heteroatoms. The van der Waals surface area contributed by atoms with E-state index in [9.17, 15) is 4.79 Å². The van der Waals surface area contributed by atoms with E-state index in [0.717, 1.165) is 28.0 Å². The molecule has 4 aromatic carbocycles. The summed E-state index contributed by atoms with van der Waals surface area (Å²) in [7, 11) is 0. The Bertz CT molecular complexity index is 1130. The highest BCUT2D eigenvalue weighted by Gasteiger charge is 2.12. The summed E-state index contributed by atoms with van der Waals surface area (Å²) in [6, 6.07) is 31.5. The van der Waals surface area contributed by atoms with E-state index in [1.54, 1.807) is 0 Å². The fourth-order valence-electron chi connectivity index (χ4n) is 3.29. The molecule has 0 fully saturated rings. The fraction of sp³-hybridized carbons (Fsp3) is 0.0741. The first-order valence-corrected chi connectivity index (χ1v) is 9.65. The molecule has 0 saturated carbocycles. The summed E-state index contributed by atoms with van der Waals surface area (Å²) in [6.45, 7) is 3.96. The number of ether oxygens (including phenoxy) is 1. The topological polar surface area (TPSA) is 26.3 Å². The van der Waals surface area contributed by atoms with Gasteiger partial charge in [0.05, 0.1) is 0 Å². The van der Waals surface area contributed by atoms with Gasteiger partial charge in [-0.15, -0.1) is 0 Å². The van der Waals surface area contributed by atoms with Crippen LogP contribution in [0.25, 0.3) is 11.1 Å². The van der Waals surface area contributed by atoms with Crippen LogP contribution in [0.2, 0.25) is 0 Å². The van der Waals surface area contributed by atoms with Crippen LogP contribution in [-0.4, -0.2) is 5.78 Å². The molecular weight excluding hydrogens is 356 g/mol. The summed E-state index contributed by atoms with van der Waals surface area (Å²) in [5.41, 5.74) is 5.79. The van der Waals surface area contributed by atoms with Crippen molar-refractivity contribution < 1.29 is 9.53 Å². The minimum Gasteiger partial charge on any atom is -0.457 e. The molecule has 0 bridgehead atoms. The molecule has 0 saturated heterocycles. The van der Waals surface area contributed by atoms with E-state index in [1.165, 1.54) is 5.56 Å². The normalized spacial score (nSPS) is 10.6. The van der Waals surface area contributed by atoms with Crippen molar-refractivity contribution in [1.29, 1.82) is 0 Å². The Kier molecular flexibility index (Phi) is 5.26. The molecule has 0 aliphatic rings. The average Bonchev–Trinajstić information content (AvgIpc) is 2.77. The molecule has 0 aromatic heterocycles. The molecule has 0 radical (unpaired) electrons. The molecule has 0 unspecified atom stereocenters. The van der Waals surface area contributed by atoms with E-state index in [1.807, 2.05) is 98.8 Å². The lowest BCUT2D eigenvalue weighted by molar-refractivity contribution is 0.103. The van der Waals surface area contributed by atoms with E-state index >= 15 is 0 Å². The molecule has 0 aliphatic carbocycles. The van der Waals surface area contributed by atoms with Gasteiger partial charge in [-0.25, -0.2) is 0 Å². The highest BCUT2D eigenvalue weighted by atomic mass is 16.5. The third kappa shape index (κ3) is 4.27. The minimum atomic E-state index is 0.0324. The van der Waals surface area contributed by atoms with Gasteiger partial charge >= 0.3 is 0 Å². The Hall–Kier alpha value is -3.65. The lowest BCUT2D eigenvalue weighted by Gasteiger charge is -2.09. The van der Waals surface area contributed by atoms with Crippen LogP contribution in [0.1, 0.15) is 27.0 Å². The van der Waals surface area contributed by atoms with Crippen molar-refractivity contribution in [3.8, 4) is 22.6 Å². The number of hydrogen-bond donors (Lipinski definition) is 0. The summed E-state index contributed by atoms with van der Waals surface area (Å²) in [5.74, 6) is 1.50. The molecular formula is C27H22O2. The van der Waals surface area contributed by atoms with Crippen LogP contribution in [-0.2, 0) is 0 Å². The number of rotatable bonds is 5. The number of hydrogen-bond acceptors (Lipinski definition) is 2. The zero-order chi connectivity index (χ0) is 20.2. The number of benzene rings is 4. The number of carbonyl (C=O) groups is 1. The van der Waals surface area contributed by atoms with Gasteiger partial charge in [-0.05, 0) is 73.0 Å². The third-order valence-electron chi connectivity index (χ3n) is 4.95. The van der Waals surface area contributed by atoms with E-state index in [0.29, 0.717) is 11.3 Å². The second kappa shape index (κ2) is 8.15. The first-order valence-electron chi connectivity index (χ1n) is 9.65. The van der Waals surface area contributed by atoms with Crippen LogP contribution in [0.15, 0.2) is 97.1 Å². The molecule has 0 amide bonds. The Morgan fingerprint density at radius 1 is 0.655 bits per heavy atom. The van der Waals surface area contributed by atoms with Crippen molar-refractivity contribution in [2.24, 2.45) is 0 Å². The number of ketones is 1. The third-order valence-corrected chi connectivity index (χ3v) is 4.95. The molecule has 0 heterocycles. The van der Waals surface area contributed by atoms with Gasteiger partial charge in [-0.2, -0.15) is 0 Å². The van der Waals surface area contributed by atoms with Gasteiger partial charge in [0.15, 0.2) is 5.78 Å². The van der Waals surface area contributed by atoms with Crippen molar-refractivity contribution in [3.05, 3.63) is 119 Å². The van der Waals surface area contributed by atoms with Gasteiger partial charge in [0, 0.05) is 11.1 Å². The van der Waals surface area contributed by atoms with Crippen LogP contribution in [0.4, 0.5) is 0 Å². The zero-order valence-corrected chi connectivity index (χ0v) is 16.6. The van der Waals surface area contributed by atoms with Crippen molar-refractivity contribution in [1.82, 2.24) is 0 Å². The first kappa shape index (κ1) is 18.7. The Morgan fingerprint density at radius 2 is 1.24 bits per heavy atom. The molecule has 142 valence electrons. The molecule has 4 rings (SSSR count). The lowest BCUT2D eigenvalue weighted by atomic mass is 9.97. The van der Waals surface area contributed by atoms with Crippen LogP contribution < -0.4 is 4.74 Å². The van der Waals surface area contributed by atoms with Gasteiger partial charge < -0.3 is 4.74 Å². The molecule has 29 heavy (non-hydrogen) atoms. The van der Waals surface area contributed by atoms with Gasteiger partial charge in [0.1, 0.15) is 11.5 Å². The molecule has 4 aromatic rings. The zero-order valence-electron chi connectivity index (χ0n) is 16.6. The summed E-state index contributed by atoms with van der Waals surface area (Å²) >= 11 is 0.